The molecule has 0 unspecified atom stereocenters. The first kappa shape index (κ1) is 34.8. The lowest BCUT2D eigenvalue weighted by atomic mass is 9.80. The summed E-state index contributed by atoms with van der Waals surface area (Å²) in [7, 11) is 0. The van der Waals surface area contributed by atoms with E-state index in [4.69, 9.17) is 9.97 Å². The van der Waals surface area contributed by atoms with Gasteiger partial charge < -0.3 is 0 Å². The Morgan fingerprint density at radius 2 is 1.00 bits per heavy atom. The third-order valence-corrected chi connectivity index (χ3v) is 11.3. The molecule has 0 saturated heterocycles. The molecule has 1 aliphatic carbocycles. The van der Waals surface area contributed by atoms with Gasteiger partial charge >= 0.3 is 0 Å². The number of rotatable bonds is 8. The zero-order valence-corrected chi connectivity index (χ0v) is 32.0. The van der Waals surface area contributed by atoms with Crippen LogP contribution in [0.5, 0.6) is 0 Å². The molecule has 0 atom stereocenters. The highest BCUT2D eigenvalue weighted by Gasteiger charge is 2.35. The zero-order chi connectivity index (χ0) is 38.2. The molecule has 0 amide bonds. The molecule has 8 aromatic rings. The fraction of sp³-hybridized carbons (Fsp3) is 0.0741. The van der Waals surface area contributed by atoms with E-state index >= 15 is 0 Å². The van der Waals surface area contributed by atoms with Gasteiger partial charge in [-0.05, 0) is 91.5 Å². The van der Waals surface area contributed by atoms with Gasteiger partial charge in [-0.15, -0.1) is 0 Å². The topological polar surface area (TPSA) is 25.8 Å². The van der Waals surface area contributed by atoms with E-state index in [0.717, 1.165) is 33.5 Å². The summed E-state index contributed by atoms with van der Waals surface area (Å²) in [6, 6.07) is 60.7. The summed E-state index contributed by atoms with van der Waals surface area (Å²) < 4.78 is 0. The molecule has 2 heteroatoms. The Labute approximate surface area is 329 Å². The molecule has 0 fully saturated rings. The van der Waals surface area contributed by atoms with Crippen molar-refractivity contribution in [1.82, 2.24) is 9.97 Å². The van der Waals surface area contributed by atoms with E-state index in [0.29, 0.717) is 5.82 Å². The number of aromatic nitrogens is 2. The number of benzene rings is 7. The first-order valence-electron chi connectivity index (χ1n) is 19.3. The van der Waals surface area contributed by atoms with Crippen LogP contribution in [0.3, 0.4) is 0 Å². The van der Waals surface area contributed by atoms with Gasteiger partial charge in [0, 0.05) is 22.1 Å². The van der Waals surface area contributed by atoms with Crippen LogP contribution in [0.2, 0.25) is 0 Å². The molecule has 0 radical (unpaired) electrons. The van der Waals surface area contributed by atoms with Crippen molar-refractivity contribution in [3.05, 3.63) is 211 Å². The second kappa shape index (κ2) is 14.4. The SMILES string of the molecule is C=C/C=C\C1=C(C)c2ccc(-c3cccc(-c4ccc(-c5ccc(-c6cc(-c7ccccc7)nc(-c7ccccc7)n6)c6ccccc56)cc4)c3)cc2C1(C)C. The van der Waals surface area contributed by atoms with E-state index in [9.17, 15) is 0 Å². The minimum absolute atomic E-state index is 0.0736. The van der Waals surface area contributed by atoms with Gasteiger partial charge in [-0.25, -0.2) is 9.97 Å². The molecule has 9 rings (SSSR count). The average molecular weight is 719 g/mol. The standard InChI is InChI=1S/C54H42N2/c1-5-6-24-49-36(2)44-30-29-43(34-50(44)54(49,3)4)42-21-15-20-41(33-42)37-25-27-38(28-26-37)45-31-32-48(47-23-14-13-22-46(45)47)52-35-51(39-16-9-7-10-17-39)55-53(56-52)40-18-11-8-12-19-40/h5-35H,1H2,2-4H3/b24-6-. The summed E-state index contributed by atoms with van der Waals surface area (Å²) in [6.45, 7) is 10.8. The molecule has 0 N–H and O–H groups in total. The van der Waals surface area contributed by atoms with Crippen LogP contribution in [0.1, 0.15) is 31.9 Å². The molecular formula is C54H42N2. The number of nitrogens with zero attached hydrogens (tertiary/aromatic N) is 2. The van der Waals surface area contributed by atoms with Crippen molar-refractivity contribution in [2.24, 2.45) is 0 Å². The van der Waals surface area contributed by atoms with E-state index in [1.54, 1.807) is 0 Å². The number of hydrogen-bond acceptors (Lipinski definition) is 2. The lowest BCUT2D eigenvalue weighted by Crippen LogP contribution is -2.16. The Kier molecular flexibility index (Phi) is 8.96. The highest BCUT2D eigenvalue weighted by atomic mass is 14.9. The van der Waals surface area contributed by atoms with Crippen molar-refractivity contribution in [2.45, 2.75) is 26.2 Å². The molecule has 0 bridgehead atoms. The van der Waals surface area contributed by atoms with Crippen LogP contribution in [0.25, 0.3) is 83.6 Å². The summed E-state index contributed by atoms with van der Waals surface area (Å²) in [5.41, 5.74) is 17.5. The minimum Gasteiger partial charge on any atom is -0.228 e. The largest absolute Gasteiger partial charge is 0.228 e. The number of hydrogen-bond donors (Lipinski definition) is 0. The van der Waals surface area contributed by atoms with Gasteiger partial charge in [-0.1, -0.05) is 190 Å². The van der Waals surface area contributed by atoms with Crippen molar-refractivity contribution >= 4 is 16.3 Å². The summed E-state index contributed by atoms with van der Waals surface area (Å²) >= 11 is 0. The van der Waals surface area contributed by atoms with E-state index in [2.05, 4.69) is 179 Å². The first-order chi connectivity index (χ1) is 27.4. The van der Waals surface area contributed by atoms with Crippen molar-refractivity contribution in [3.63, 3.8) is 0 Å². The predicted octanol–water partition coefficient (Wildman–Crippen LogP) is 14.4. The molecule has 56 heavy (non-hydrogen) atoms. The molecule has 0 spiro atoms. The minimum atomic E-state index is -0.0736. The fourth-order valence-corrected chi connectivity index (χ4v) is 8.38. The Morgan fingerprint density at radius 1 is 0.464 bits per heavy atom. The normalized spacial score (nSPS) is 13.3. The van der Waals surface area contributed by atoms with Crippen LogP contribution in [-0.2, 0) is 5.41 Å². The Bertz CT molecular complexity index is 2770. The first-order valence-corrected chi connectivity index (χ1v) is 19.3. The molecule has 2 nitrogen and oxygen atoms in total. The maximum Gasteiger partial charge on any atom is 0.160 e. The van der Waals surface area contributed by atoms with Crippen LogP contribution in [0.15, 0.2) is 200 Å². The molecule has 268 valence electrons. The Morgan fingerprint density at radius 3 is 1.71 bits per heavy atom. The van der Waals surface area contributed by atoms with Crippen molar-refractivity contribution in [1.29, 1.82) is 0 Å². The molecule has 1 heterocycles. The zero-order valence-electron chi connectivity index (χ0n) is 32.0. The van der Waals surface area contributed by atoms with Crippen molar-refractivity contribution in [2.75, 3.05) is 0 Å². The second-order valence-corrected chi connectivity index (χ2v) is 15.1. The van der Waals surface area contributed by atoms with Gasteiger partial charge in [-0.2, -0.15) is 0 Å². The van der Waals surface area contributed by atoms with Gasteiger partial charge in [-0.3, -0.25) is 0 Å². The third-order valence-electron chi connectivity index (χ3n) is 11.3. The number of allylic oxidation sites excluding steroid dienone is 5. The smallest absolute Gasteiger partial charge is 0.160 e. The van der Waals surface area contributed by atoms with Crippen LogP contribution in [0.4, 0.5) is 0 Å². The van der Waals surface area contributed by atoms with Crippen LogP contribution in [0, 0.1) is 0 Å². The maximum absolute atomic E-state index is 5.15. The number of fused-ring (bicyclic) bond motifs is 2. The summed E-state index contributed by atoms with van der Waals surface area (Å²) in [6.07, 6.45) is 6.11. The Balaban J connectivity index is 1.05. The third kappa shape index (κ3) is 6.29. The highest BCUT2D eigenvalue weighted by Crippen LogP contribution is 2.48. The van der Waals surface area contributed by atoms with Gasteiger partial charge in [0.2, 0.25) is 0 Å². The molecule has 1 aliphatic rings. The van der Waals surface area contributed by atoms with Crippen molar-refractivity contribution in [3.8, 4) is 67.3 Å². The summed E-state index contributed by atoms with van der Waals surface area (Å²) in [5, 5.41) is 2.35. The lowest BCUT2D eigenvalue weighted by molar-refractivity contribution is 0.654. The highest BCUT2D eigenvalue weighted by molar-refractivity contribution is 6.05. The molecular weight excluding hydrogens is 677 g/mol. The Hall–Kier alpha value is -6.90. The average Bonchev–Trinajstić information content (AvgIpc) is 3.45. The van der Waals surface area contributed by atoms with Crippen LogP contribution in [-0.4, -0.2) is 9.97 Å². The summed E-state index contributed by atoms with van der Waals surface area (Å²) in [4.78, 5) is 10.2. The van der Waals surface area contributed by atoms with E-state index in [1.165, 1.54) is 61.0 Å². The monoisotopic (exact) mass is 718 g/mol. The molecule has 7 aromatic carbocycles. The molecule has 1 aromatic heterocycles. The van der Waals surface area contributed by atoms with Gasteiger partial charge in [0.1, 0.15) is 0 Å². The van der Waals surface area contributed by atoms with Crippen LogP contribution >= 0.6 is 0 Å². The van der Waals surface area contributed by atoms with E-state index in [1.807, 2.05) is 36.4 Å². The van der Waals surface area contributed by atoms with Gasteiger partial charge in [0.05, 0.1) is 11.4 Å². The van der Waals surface area contributed by atoms with Gasteiger partial charge in [0.25, 0.3) is 0 Å². The summed E-state index contributed by atoms with van der Waals surface area (Å²) in [5.74, 6) is 0.715. The van der Waals surface area contributed by atoms with E-state index < -0.39 is 0 Å². The lowest BCUT2D eigenvalue weighted by Gasteiger charge is -2.23. The van der Waals surface area contributed by atoms with Gasteiger partial charge in [0.15, 0.2) is 5.82 Å². The second-order valence-electron chi connectivity index (χ2n) is 15.1. The molecule has 0 aliphatic heterocycles. The van der Waals surface area contributed by atoms with Crippen LogP contribution < -0.4 is 0 Å². The van der Waals surface area contributed by atoms with E-state index in [-0.39, 0.29) is 5.41 Å². The maximum atomic E-state index is 5.15. The molecule has 0 saturated carbocycles. The quantitative estimate of drug-likeness (QED) is 0.146. The predicted molar refractivity (Wildman–Crippen MR) is 237 cm³/mol. The van der Waals surface area contributed by atoms with Crippen molar-refractivity contribution < 1.29 is 0 Å². The fourth-order valence-electron chi connectivity index (χ4n) is 8.38.